The van der Waals surface area contributed by atoms with Crippen molar-refractivity contribution in [1.29, 1.82) is 0 Å². The normalized spacial score (nSPS) is 10.9. The largest absolute Gasteiger partial charge is 0.441 e. The molecule has 2 heterocycles. The maximum Gasteiger partial charge on any atom is 0.226 e. The summed E-state index contributed by atoms with van der Waals surface area (Å²) in [6.45, 7) is 5.88. The van der Waals surface area contributed by atoms with Crippen molar-refractivity contribution in [2.75, 3.05) is 5.73 Å². The summed E-state index contributed by atoms with van der Waals surface area (Å²) in [7, 11) is 0. The number of benzene rings is 1. The van der Waals surface area contributed by atoms with E-state index in [1.54, 1.807) is 6.07 Å². The van der Waals surface area contributed by atoms with E-state index in [4.69, 9.17) is 10.2 Å². The van der Waals surface area contributed by atoms with Gasteiger partial charge in [0, 0.05) is 23.1 Å². The Labute approximate surface area is 139 Å². The van der Waals surface area contributed by atoms with Crippen molar-refractivity contribution in [3.63, 3.8) is 0 Å². The van der Waals surface area contributed by atoms with E-state index in [0.29, 0.717) is 22.6 Å². The van der Waals surface area contributed by atoms with Crippen LogP contribution in [-0.2, 0) is 5.75 Å². The van der Waals surface area contributed by atoms with E-state index in [9.17, 15) is 0 Å². The summed E-state index contributed by atoms with van der Waals surface area (Å²) in [4.78, 5) is 13.2. The molecule has 2 N–H and O–H groups in total. The highest BCUT2D eigenvalue weighted by Gasteiger charge is 2.14. The Morgan fingerprint density at radius 3 is 2.61 bits per heavy atom. The molecule has 0 radical (unpaired) electrons. The zero-order valence-electron chi connectivity index (χ0n) is 13.3. The zero-order valence-corrected chi connectivity index (χ0v) is 14.1. The number of rotatable bonds is 4. The smallest absolute Gasteiger partial charge is 0.226 e. The van der Waals surface area contributed by atoms with Gasteiger partial charge in [0.1, 0.15) is 11.6 Å². The van der Waals surface area contributed by atoms with Gasteiger partial charge in [-0.2, -0.15) is 0 Å². The number of anilines is 1. The van der Waals surface area contributed by atoms with E-state index < -0.39 is 0 Å². The first kappa shape index (κ1) is 15.6. The predicted molar refractivity (Wildman–Crippen MR) is 92.2 cm³/mol. The molecule has 0 amide bonds. The molecular formula is C17H18N4OS. The average molecular weight is 326 g/mol. The molecule has 0 aliphatic heterocycles. The van der Waals surface area contributed by atoms with Crippen LogP contribution in [-0.4, -0.2) is 15.0 Å². The van der Waals surface area contributed by atoms with Crippen molar-refractivity contribution in [1.82, 2.24) is 15.0 Å². The van der Waals surface area contributed by atoms with E-state index in [1.165, 1.54) is 11.8 Å². The van der Waals surface area contributed by atoms with Crippen LogP contribution < -0.4 is 5.73 Å². The molecule has 6 heteroatoms. The van der Waals surface area contributed by atoms with Gasteiger partial charge in [-0.05, 0) is 32.4 Å². The van der Waals surface area contributed by atoms with E-state index >= 15 is 0 Å². The van der Waals surface area contributed by atoms with Gasteiger partial charge in [0.15, 0.2) is 5.16 Å². The van der Waals surface area contributed by atoms with Gasteiger partial charge in [-0.25, -0.2) is 15.0 Å². The summed E-state index contributed by atoms with van der Waals surface area (Å²) in [5.41, 5.74) is 9.67. The fraction of sp³-hybridized carbons (Fsp3) is 0.235. The Bertz CT molecular complexity index is 824. The highest BCUT2D eigenvalue weighted by Crippen LogP contribution is 2.28. The molecule has 3 aromatic rings. The quantitative estimate of drug-likeness (QED) is 0.578. The second-order valence-electron chi connectivity index (χ2n) is 5.34. The maximum atomic E-state index is 5.83. The minimum Gasteiger partial charge on any atom is -0.441 e. The van der Waals surface area contributed by atoms with Gasteiger partial charge >= 0.3 is 0 Å². The van der Waals surface area contributed by atoms with E-state index in [2.05, 4.69) is 15.0 Å². The third-order valence-electron chi connectivity index (χ3n) is 3.46. The average Bonchev–Trinajstić information content (AvgIpc) is 2.85. The van der Waals surface area contributed by atoms with Crippen molar-refractivity contribution in [2.24, 2.45) is 0 Å². The van der Waals surface area contributed by atoms with Gasteiger partial charge in [0.05, 0.1) is 5.69 Å². The van der Waals surface area contributed by atoms with Gasteiger partial charge in [-0.1, -0.05) is 30.0 Å². The Morgan fingerprint density at radius 2 is 1.87 bits per heavy atom. The molecule has 0 saturated heterocycles. The van der Waals surface area contributed by atoms with E-state index in [1.807, 2.05) is 45.0 Å². The number of hydrogen-bond donors (Lipinski definition) is 1. The number of nitrogens with two attached hydrogens (primary N) is 1. The van der Waals surface area contributed by atoms with Crippen LogP contribution >= 0.6 is 11.8 Å². The van der Waals surface area contributed by atoms with E-state index in [-0.39, 0.29) is 0 Å². The Hall–Kier alpha value is -2.34. The van der Waals surface area contributed by atoms with Gasteiger partial charge in [-0.15, -0.1) is 0 Å². The van der Waals surface area contributed by atoms with Crippen molar-refractivity contribution < 1.29 is 4.42 Å². The van der Waals surface area contributed by atoms with Gasteiger partial charge in [0.2, 0.25) is 5.89 Å². The molecule has 0 bridgehead atoms. The number of nitrogens with zero attached hydrogens (tertiary/aromatic N) is 3. The second kappa shape index (κ2) is 6.42. The van der Waals surface area contributed by atoms with Gasteiger partial charge < -0.3 is 10.2 Å². The van der Waals surface area contributed by atoms with Gasteiger partial charge in [0.25, 0.3) is 0 Å². The highest BCUT2D eigenvalue weighted by molar-refractivity contribution is 7.98. The van der Waals surface area contributed by atoms with Crippen LogP contribution in [0, 0.1) is 20.8 Å². The summed E-state index contributed by atoms with van der Waals surface area (Å²) in [5.74, 6) is 2.60. The maximum absolute atomic E-state index is 5.83. The molecule has 0 fully saturated rings. The lowest BCUT2D eigenvalue weighted by Crippen LogP contribution is -1.97. The molecule has 0 spiro atoms. The van der Waals surface area contributed by atoms with Crippen molar-refractivity contribution in [2.45, 2.75) is 31.7 Å². The predicted octanol–water partition coefficient (Wildman–Crippen LogP) is 3.93. The number of thioether (sulfide) groups is 1. The number of aryl methyl sites for hydroxylation is 3. The minimum absolute atomic E-state index is 0.484. The molecular weight excluding hydrogens is 308 g/mol. The molecule has 2 aromatic heterocycles. The molecule has 23 heavy (non-hydrogen) atoms. The first-order chi connectivity index (χ1) is 11.0. The molecule has 5 nitrogen and oxygen atoms in total. The van der Waals surface area contributed by atoms with Crippen LogP contribution in [0.25, 0.3) is 11.5 Å². The summed E-state index contributed by atoms with van der Waals surface area (Å²) >= 11 is 1.50. The Morgan fingerprint density at radius 1 is 1.09 bits per heavy atom. The van der Waals surface area contributed by atoms with Crippen molar-refractivity contribution in [3.8, 4) is 11.5 Å². The lowest BCUT2D eigenvalue weighted by atomic mass is 10.1. The van der Waals surface area contributed by atoms with Crippen molar-refractivity contribution in [3.05, 3.63) is 53.0 Å². The Kier molecular flexibility index (Phi) is 4.34. The van der Waals surface area contributed by atoms with Crippen LogP contribution in [0.15, 0.2) is 39.9 Å². The first-order valence-electron chi connectivity index (χ1n) is 7.29. The SMILES string of the molecule is Cc1cc(N)nc(SCc2nc(-c3ccccc3C)oc2C)n1. The van der Waals surface area contributed by atoms with Crippen LogP contribution in [0.1, 0.15) is 22.7 Å². The fourth-order valence-electron chi connectivity index (χ4n) is 2.25. The fourth-order valence-corrected chi connectivity index (χ4v) is 3.16. The van der Waals surface area contributed by atoms with Crippen LogP contribution in [0.2, 0.25) is 0 Å². The van der Waals surface area contributed by atoms with Crippen LogP contribution in [0.3, 0.4) is 0 Å². The topological polar surface area (TPSA) is 77.8 Å². The molecule has 3 rings (SSSR count). The van der Waals surface area contributed by atoms with Crippen LogP contribution in [0.4, 0.5) is 5.82 Å². The monoisotopic (exact) mass is 326 g/mol. The number of hydrogen-bond acceptors (Lipinski definition) is 6. The number of nitrogen functional groups attached to an aromatic ring is 1. The lowest BCUT2D eigenvalue weighted by Gasteiger charge is -2.01. The number of oxazole rings is 1. The standard InChI is InChI=1S/C17H18N4OS/c1-10-6-4-5-7-13(10)16-20-14(12(3)22-16)9-23-17-19-11(2)8-15(18)21-17/h4-8H,9H2,1-3H3,(H2,18,19,21). The molecule has 118 valence electrons. The molecule has 0 aliphatic rings. The number of aromatic nitrogens is 3. The molecule has 0 saturated carbocycles. The minimum atomic E-state index is 0.484. The first-order valence-corrected chi connectivity index (χ1v) is 8.28. The molecule has 0 atom stereocenters. The third kappa shape index (κ3) is 3.53. The summed E-state index contributed by atoms with van der Waals surface area (Å²) in [6.07, 6.45) is 0. The summed E-state index contributed by atoms with van der Waals surface area (Å²) in [5, 5.41) is 0.655. The summed E-state index contributed by atoms with van der Waals surface area (Å²) in [6, 6.07) is 9.81. The summed E-state index contributed by atoms with van der Waals surface area (Å²) < 4.78 is 5.83. The molecule has 0 unspecified atom stereocenters. The van der Waals surface area contributed by atoms with Crippen LogP contribution in [0.5, 0.6) is 0 Å². The lowest BCUT2D eigenvalue weighted by molar-refractivity contribution is 0.540. The third-order valence-corrected chi connectivity index (χ3v) is 4.32. The zero-order chi connectivity index (χ0) is 16.4. The second-order valence-corrected chi connectivity index (χ2v) is 6.28. The molecule has 0 aliphatic carbocycles. The van der Waals surface area contributed by atoms with Crippen molar-refractivity contribution >= 4 is 17.6 Å². The molecule has 1 aromatic carbocycles. The Balaban J connectivity index is 1.80. The highest BCUT2D eigenvalue weighted by atomic mass is 32.2. The van der Waals surface area contributed by atoms with E-state index in [0.717, 1.165) is 28.3 Å². The van der Waals surface area contributed by atoms with Gasteiger partial charge in [-0.3, -0.25) is 0 Å².